The van der Waals surface area contributed by atoms with Crippen LogP contribution in [0.5, 0.6) is 5.75 Å². The number of hydrogen-bond donors (Lipinski definition) is 1. The summed E-state index contributed by atoms with van der Waals surface area (Å²) in [5, 5.41) is 13.3. The third kappa shape index (κ3) is 15.1. The second kappa shape index (κ2) is 14.6. The van der Waals surface area contributed by atoms with Crippen molar-refractivity contribution in [1.29, 1.82) is 0 Å². The summed E-state index contributed by atoms with van der Waals surface area (Å²) >= 11 is 0. The van der Waals surface area contributed by atoms with Crippen LogP contribution in [0.4, 0.5) is 15.3 Å². The molecular weight excluding hydrogens is 504 g/mol. The molecule has 0 radical (unpaired) electrons. The summed E-state index contributed by atoms with van der Waals surface area (Å²) in [5.41, 5.74) is -0.155. The molecule has 1 rings (SSSR count). The first-order valence-corrected chi connectivity index (χ1v) is 19.3. The van der Waals surface area contributed by atoms with E-state index in [2.05, 4.69) is 44.6 Å². The van der Waals surface area contributed by atoms with Gasteiger partial charge in [-0.3, -0.25) is 14.9 Å². The third-order valence-corrected chi connectivity index (χ3v) is 8.26. The van der Waals surface area contributed by atoms with Gasteiger partial charge in [-0.05, 0) is 30.6 Å². The molecule has 0 aliphatic rings. The van der Waals surface area contributed by atoms with Crippen LogP contribution in [0.25, 0.3) is 0 Å². The number of amides is 1. The minimum absolute atomic E-state index is 0.0203. The highest BCUT2D eigenvalue weighted by atomic mass is 28.3. The Kier molecular flexibility index (Phi) is 12.6. The second-order valence-corrected chi connectivity index (χ2v) is 22.0. The van der Waals surface area contributed by atoms with Crippen LogP contribution >= 0.6 is 0 Å². The summed E-state index contributed by atoms with van der Waals surface area (Å²) in [4.78, 5) is 46.6. The van der Waals surface area contributed by atoms with Gasteiger partial charge < -0.3 is 24.3 Å². The Morgan fingerprint density at radius 1 is 0.944 bits per heavy atom. The van der Waals surface area contributed by atoms with Gasteiger partial charge in [0.05, 0.1) is 24.7 Å². The van der Waals surface area contributed by atoms with E-state index in [1.54, 1.807) is 0 Å². The normalized spacial score (nSPS) is 12.3. The molecule has 11 nitrogen and oxygen atoms in total. The Hall–Kier alpha value is -2.94. The fourth-order valence-electron chi connectivity index (χ4n) is 2.62. The quantitative estimate of drug-likeness (QED) is 0.0837. The van der Waals surface area contributed by atoms with Gasteiger partial charge in [0.15, 0.2) is 0 Å². The molecule has 0 bridgehead atoms. The van der Waals surface area contributed by atoms with Crippen LogP contribution in [0.15, 0.2) is 24.3 Å². The van der Waals surface area contributed by atoms with Crippen LogP contribution in [0.2, 0.25) is 51.4 Å². The maximum absolute atomic E-state index is 12.3. The standard InChI is InChI=1S/C23H38N2O9Si2/c1-35(2,3)15-13-31-21(26)12-11-20(17-24-22(27)32-14-16-36(4,5)6)34-23(28)33-19-9-7-18(8-10-19)25(29)30/h7-10,20H,11-17H2,1-6H3,(H,24,27). The number of non-ortho nitro benzene ring substituents is 1. The number of benzene rings is 1. The van der Waals surface area contributed by atoms with Crippen molar-refractivity contribution in [2.45, 2.75) is 70.3 Å². The number of rotatable bonds is 14. The minimum atomic E-state index is -1.36. The van der Waals surface area contributed by atoms with Crippen molar-refractivity contribution in [2.24, 2.45) is 0 Å². The topological polar surface area (TPSA) is 143 Å². The van der Waals surface area contributed by atoms with Crippen molar-refractivity contribution in [1.82, 2.24) is 5.32 Å². The number of carbonyl (C=O) groups excluding carboxylic acids is 3. The van der Waals surface area contributed by atoms with E-state index in [1.807, 2.05) is 0 Å². The number of nitro benzene ring substituents is 1. The lowest BCUT2D eigenvalue weighted by Gasteiger charge is -2.19. The zero-order valence-electron chi connectivity index (χ0n) is 22.0. The van der Waals surface area contributed by atoms with E-state index < -0.39 is 45.4 Å². The Morgan fingerprint density at radius 3 is 2.03 bits per heavy atom. The summed E-state index contributed by atoms with van der Waals surface area (Å²) in [5.74, 6) is -0.378. The smallest absolute Gasteiger partial charge is 0.466 e. The van der Waals surface area contributed by atoms with E-state index in [9.17, 15) is 24.5 Å². The first-order chi connectivity index (χ1) is 16.6. The molecule has 0 aromatic heterocycles. The maximum Gasteiger partial charge on any atom is 0.514 e. The molecule has 0 aliphatic carbocycles. The second-order valence-electron chi connectivity index (χ2n) is 10.7. The fraction of sp³-hybridized carbons (Fsp3) is 0.609. The molecule has 202 valence electrons. The lowest BCUT2D eigenvalue weighted by molar-refractivity contribution is -0.384. The Bertz CT molecular complexity index is 845. The maximum atomic E-state index is 12.3. The van der Waals surface area contributed by atoms with Crippen molar-refractivity contribution in [2.75, 3.05) is 19.8 Å². The molecule has 13 heteroatoms. The van der Waals surface area contributed by atoms with Crippen molar-refractivity contribution in [3.8, 4) is 5.75 Å². The first-order valence-electron chi connectivity index (χ1n) is 11.8. The van der Waals surface area contributed by atoms with Gasteiger partial charge in [0.2, 0.25) is 0 Å². The van der Waals surface area contributed by atoms with Gasteiger partial charge in [-0.15, -0.1) is 0 Å². The third-order valence-electron chi connectivity index (χ3n) is 4.86. The van der Waals surface area contributed by atoms with Gasteiger partial charge in [0.25, 0.3) is 5.69 Å². The number of nitro groups is 1. The molecule has 1 aromatic rings. The number of nitrogens with zero attached hydrogens (tertiary/aromatic N) is 1. The van der Waals surface area contributed by atoms with Crippen molar-refractivity contribution in [3.05, 3.63) is 34.4 Å². The van der Waals surface area contributed by atoms with Crippen molar-refractivity contribution >= 4 is 40.1 Å². The number of esters is 1. The average molecular weight is 543 g/mol. The monoisotopic (exact) mass is 542 g/mol. The van der Waals surface area contributed by atoms with Crippen LogP contribution in [-0.2, 0) is 19.0 Å². The average Bonchev–Trinajstić information content (AvgIpc) is 2.74. The Balaban J connectivity index is 2.64. The molecule has 0 aliphatic heterocycles. The van der Waals surface area contributed by atoms with Gasteiger partial charge in [0.1, 0.15) is 11.9 Å². The molecule has 36 heavy (non-hydrogen) atoms. The molecule has 0 spiro atoms. The zero-order valence-corrected chi connectivity index (χ0v) is 24.0. The Morgan fingerprint density at radius 2 is 1.50 bits per heavy atom. The van der Waals surface area contributed by atoms with Crippen LogP contribution in [-0.4, -0.2) is 65.2 Å². The number of ether oxygens (including phenoxy) is 4. The van der Waals surface area contributed by atoms with Crippen LogP contribution in [0.3, 0.4) is 0 Å². The molecule has 1 amide bonds. The molecule has 0 saturated heterocycles. The predicted octanol–water partition coefficient (Wildman–Crippen LogP) is 5.20. The molecule has 0 heterocycles. The summed E-state index contributed by atoms with van der Waals surface area (Å²) in [6.45, 7) is 13.6. The largest absolute Gasteiger partial charge is 0.514 e. The molecular formula is C23H38N2O9Si2. The summed E-state index contributed by atoms with van der Waals surface area (Å²) in [6.07, 6.45) is -2.54. The number of alkyl carbamates (subject to hydrolysis) is 1. The molecule has 1 N–H and O–H groups in total. The minimum Gasteiger partial charge on any atom is -0.466 e. The predicted molar refractivity (Wildman–Crippen MR) is 140 cm³/mol. The van der Waals surface area contributed by atoms with Crippen molar-refractivity contribution in [3.63, 3.8) is 0 Å². The van der Waals surface area contributed by atoms with E-state index in [0.717, 1.165) is 12.1 Å². The highest BCUT2D eigenvalue weighted by Crippen LogP contribution is 2.18. The first kappa shape index (κ1) is 31.1. The number of nitrogens with one attached hydrogen (secondary N) is 1. The summed E-state index contributed by atoms with van der Waals surface area (Å²) < 4.78 is 20.8. The molecule has 1 atom stereocenters. The van der Waals surface area contributed by atoms with E-state index in [4.69, 9.17) is 18.9 Å². The highest BCUT2D eigenvalue weighted by Gasteiger charge is 2.21. The lowest BCUT2D eigenvalue weighted by atomic mass is 10.2. The summed E-state index contributed by atoms with van der Waals surface area (Å²) in [6, 6.07) is 6.55. The van der Waals surface area contributed by atoms with Crippen LogP contribution in [0.1, 0.15) is 12.8 Å². The zero-order chi connectivity index (χ0) is 27.4. The van der Waals surface area contributed by atoms with Crippen LogP contribution in [0, 0.1) is 10.1 Å². The molecule has 0 fully saturated rings. The van der Waals surface area contributed by atoms with Crippen molar-refractivity contribution < 1.29 is 38.3 Å². The highest BCUT2D eigenvalue weighted by molar-refractivity contribution is 6.76. The van der Waals surface area contributed by atoms with Gasteiger partial charge >= 0.3 is 18.2 Å². The molecule has 1 unspecified atom stereocenters. The lowest BCUT2D eigenvalue weighted by Crippen LogP contribution is -2.37. The van der Waals surface area contributed by atoms with Gasteiger partial charge in [-0.1, -0.05) is 39.3 Å². The van der Waals surface area contributed by atoms with E-state index in [1.165, 1.54) is 24.3 Å². The molecule has 1 aromatic carbocycles. The fourth-order valence-corrected chi connectivity index (χ4v) is 4.04. The van der Waals surface area contributed by atoms with E-state index in [-0.39, 0.29) is 30.8 Å². The number of hydrogen-bond acceptors (Lipinski definition) is 9. The van der Waals surface area contributed by atoms with Gasteiger partial charge in [-0.25, -0.2) is 9.59 Å². The SMILES string of the molecule is C[Si](C)(C)CCOC(=O)CCC(CNC(=O)OCC[Si](C)(C)C)OC(=O)Oc1ccc([N+](=O)[O-])cc1. The Labute approximate surface area is 214 Å². The number of carbonyl (C=O) groups is 3. The summed E-state index contributed by atoms with van der Waals surface area (Å²) in [7, 11) is -2.71. The van der Waals surface area contributed by atoms with Gasteiger partial charge in [0, 0.05) is 34.7 Å². The van der Waals surface area contributed by atoms with E-state index >= 15 is 0 Å². The van der Waals surface area contributed by atoms with Crippen LogP contribution < -0.4 is 10.1 Å². The van der Waals surface area contributed by atoms with E-state index in [0.29, 0.717) is 13.2 Å². The van der Waals surface area contributed by atoms with Gasteiger partial charge in [-0.2, -0.15) is 0 Å². The molecule has 0 saturated carbocycles.